The molecule has 2 aromatic heterocycles. The molecule has 2 aromatic carbocycles. The van der Waals surface area contributed by atoms with Gasteiger partial charge in [-0.25, -0.2) is 9.78 Å². The molecule has 0 amide bonds. The molecule has 0 atom stereocenters. The van der Waals surface area contributed by atoms with Crippen LogP contribution in [0.2, 0.25) is 0 Å². The predicted molar refractivity (Wildman–Crippen MR) is 111 cm³/mol. The van der Waals surface area contributed by atoms with E-state index >= 15 is 0 Å². The monoisotopic (exact) mass is 392 g/mol. The number of ether oxygens (including phenoxy) is 2. The molecule has 28 heavy (non-hydrogen) atoms. The number of nitrogens with zero attached hydrogens (tertiary/aromatic N) is 2. The lowest BCUT2D eigenvalue weighted by Crippen LogP contribution is -2.06. The van der Waals surface area contributed by atoms with Crippen LogP contribution in [0.15, 0.2) is 60.0 Å². The van der Waals surface area contributed by atoms with Gasteiger partial charge < -0.3 is 14.0 Å². The molecule has 0 aliphatic carbocycles. The molecule has 0 aliphatic rings. The van der Waals surface area contributed by atoms with Crippen LogP contribution in [0.3, 0.4) is 0 Å². The van der Waals surface area contributed by atoms with Crippen LogP contribution >= 0.6 is 11.3 Å². The molecular formula is C22H20N2O3S. The Morgan fingerprint density at radius 3 is 2.71 bits per heavy atom. The summed E-state index contributed by atoms with van der Waals surface area (Å²) in [6.45, 7) is 2.70. The first-order valence-corrected chi connectivity index (χ1v) is 9.91. The van der Waals surface area contributed by atoms with E-state index in [0.717, 1.165) is 33.6 Å². The highest BCUT2D eigenvalue weighted by Crippen LogP contribution is 2.31. The van der Waals surface area contributed by atoms with E-state index in [1.165, 1.54) is 11.3 Å². The van der Waals surface area contributed by atoms with Crippen molar-refractivity contribution >= 4 is 28.2 Å². The van der Waals surface area contributed by atoms with Gasteiger partial charge in [0.25, 0.3) is 0 Å². The SMILES string of the molecule is CCOC(=O)c1nc(Cn2c(-c3ccccc3)cc3cc(OC)ccc32)cs1. The summed E-state index contributed by atoms with van der Waals surface area (Å²) in [6, 6.07) is 18.4. The van der Waals surface area contributed by atoms with Gasteiger partial charge in [-0.15, -0.1) is 11.3 Å². The van der Waals surface area contributed by atoms with Crippen molar-refractivity contribution in [3.63, 3.8) is 0 Å². The Bertz CT molecular complexity index is 1120. The van der Waals surface area contributed by atoms with Crippen LogP contribution in [0, 0.1) is 0 Å². The molecule has 0 unspecified atom stereocenters. The topological polar surface area (TPSA) is 53.3 Å². The Hall–Kier alpha value is -3.12. The fourth-order valence-corrected chi connectivity index (χ4v) is 3.92. The van der Waals surface area contributed by atoms with E-state index in [0.29, 0.717) is 18.2 Å². The minimum atomic E-state index is -0.371. The lowest BCUT2D eigenvalue weighted by atomic mass is 10.1. The fraction of sp³-hybridized carbons (Fsp3) is 0.182. The van der Waals surface area contributed by atoms with E-state index in [1.807, 2.05) is 35.7 Å². The Morgan fingerprint density at radius 1 is 1.14 bits per heavy atom. The van der Waals surface area contributed by atoms with Crippen molar-refractivity contribution in [2.75, 3.05) is 13.7 Å². The Kier molecular flexibility index (Phi) is 5.12. The van der Waals surface area contributed by atoms with Crippen molar-refractivity contribution in [2.24, 2.45) is 0 Å². The van der Waals surface area contributed by atoms with Gasteiger partial charge >= 0.3 is 5.97 Å². The summed E-state index contributed by atoms with van der Waals surface area (Å²) in [4.78, 5) is 16.4. The molecule has 142 valence electrons. The number of fused-ring (bicyclic) bond motifs is 1. The van der Waals surface area contributed by atoms with Crippen molar-refractivity contribution in [1.82, 2.24) is 9.55 Å². The third kappa shape index (κ3) is 3.51. The largest absolute Gasteiger partial charge is 0.497 e. The number of aromatic nitrogens is 2. The van der Waals surface area contributed by atoms with Gasteiger partial charge in [-0.2, -0.15) is 0 Å². The molecule has 0 N–H and O–H groups in total. The number of carbonyl (C=O) groups is 1. The second-order valence-corrected chi connectivity index (χ2v) is 7.13. The summed E-state index contributed by atoms with van der Waals surface area (Å²) < 4.78 is 12.6. The average molecular weight is 392 g/mol. The van der Waals surface area contributed by atoms with Crippen LogP contribution in [0.5, 0.6) is 5.75 Å². The lowest BCUT2D eigenvalue weighted by Gasteiger charge is -2.10. The molecule has 0 saturated carbocycles. The third-order valence-corrected chi connectivity index (χ3v) is 5.37. The summed E-state index contributed by atoms with van der Waals surface area (Å²) in [5.74, 6) is 0.451. The van der Waals surface area contributed by atoms with Crippen molar-refractivity contribution < 1.29 is 14.3 Å². The Morgan fingerprint density at radius 2 is 1.96 bits per heavy atom. The normalized spacial score (nSPS) is 10.9. The molecule has 4 aromatic rings. The summed E-state index contributed by atoms with van der Waals surface area (Å²) in [6.07, 6.45) is 0. The molecule has 0 radical (unpaired) electrons. The third-order valence-electron chi connectivity index (χ3n) is 4.50. The Balaban J connectivity index is 1.77. The average Bonchev–Trinajstić information content (AvgIpc) is 3.34. The van der Waals surface area contributed by atoms with Crippen molar-refractivity contribution in [3.8, 4) is 17.0 Å². The van der Waals surface area contributed by atoms with Gasteiger partial charge in [0, 0.05) is 22.0 Å². The van der Waals surface area contributed by atoms with Gasteiger partial charge in [0.15, 0.2) is 0 Å². The zero-order valence-corrected chi connectivity index (χ0v) is 16.5. The molecule has 0 spiro atoms. The van der Waals surface area contributed by atoms with Crippen molar-refractivity contribution in [3.05, 3.63) is 70.7 Å². The minimum Gasteiger partial charge on any atom is -0.497 e. The Labute approximate surface area is 167 Å². The van der Waals surface area contributed by atoms with Gasteiger partial charge in [-0.05, 0) is 36.8 Å². The second kappa shape index (κ2) is 7.86. The van der Waals surface area contributed by atoms with E-state index in [1.54, 1.807) is 14.0 Å². The second-order valence-electron chi connectivity index (χ2n) is 6.27. The number of benzene rings is 2. The maximum Gasteiger partial charge on any atom is 0.367 e. The molecule has 0 aliphatic heterocycles. The number of thiazole rings is 1. The first-order chi connectivity index (χ1) is 13.7. The number of rotatable bonds is 6. The highest BCUT2D eigenvalue weighted by atomic mass is 32.1. The van der Waals surface area contributed by atoms with Crippen LogP contribution in [0.4, 0.5) is 0 Å². The highest BCUT2D eigenvalue weighted by molar-refractivity contribution is 7.11. The van der Waals surface area contributed by atoms with E-state index in [2.05, 4.69) is 33.8 Å². The lowest BCUT2D eigenvalue weighted by molar-refractivity contribution is 0.0525. The molecule has 6 heteroatoms. The van der Waals surface area contributed by atoms with Crippen LogP contribution in [-0.4, -0.2) is 29.2 Å². The molecule has 0 fully saturated rings. The quantitative estimate of drug-likeness (QED) is 0.433. The zero-order valence-electron chi connectivity index (χ0n) is 15.7. The van der Waals surface area contributed by atoms with Gasteiger partial charge in [0.2, 0.25) is 5.01 Å². The number of esters is 1. The first-order valence-electron chi connectivity index (χ1n) is 9.04. The molecule has 5 nitrogen and oxygen atoms in total. The standard InChI is InChI=1S/C22H20N2O3S/c1-3-27-22(25)21-23-17(14-28-21)13-24-19-10-9-18(26-2)11-16(19)12-20(24)15-7-5-4-6-8-15/h4-12,14H,3,13H2,1-2H3. The summed E-state index contributed by atoms with van der Waals surface area (Å²) in [5, 5.41) is 3.39. The first kappa shape index (κ1) is 18.3. The number of carbonyl (C=O) groups excluding carboxylic acids is 1. The van der Waals surface area contributed by atoms with Crippen molar-refractivity contribution in [2.45, 2.75) is 13.5 Å². The fourth-order valence-electron chi connectivity index (χ4n) is 3.22. The number of hydrogen-bond acceptors (Lipinski definition) is 5. The van der Waals surface area contributed by atoms with E-state index in [4.69, 9.17) is 9.47 Å². The molecular weight excluding hydrogens is 372 g/mol. The summed E-state index contributed by atoms with van der Waals surface area (Å²) in [7, 11) is 1.67. The predicted octanol–water partition coefficient (Wildman–Crippen LogP) is 5.00. The molecule has 4 rings (SSSR count). The van der Waals surface area contributed by atoms with Gasteiger partial charge in [-0.3, -0.25) is 0 Å². The number of methoxy groups -OCH3 is 1. The smallest absolute Gasteiger partial charge is 0.367 e. The molecule has 0 bridgehead atoms. The maximum absolute atomic E-state index is 11.9. The zero-order chi connectivity index (χ0) is 19.5. The van der Waals surface area contributed by atoms with Crippen LogP contribution in [0.25, 0.3) is 22.2 Å². The van der Waals surface area contributed by atoms with Gasteiger partial charge in [0.1, 0.15) is 5.75 Å². The highest BCUT2D eigenvalue weighted by Gasteiger charge is 2.16. The van der Waals surface area contributed by atoms with E-state index in [9.17, 15) is 4.79 Å². The van der Waals surface area contributed by atoms with Gasteiger partial charge in [-0.1, -0.05) is 30.3 Å². The number of hydrogen-bond donors (Lipinski definition) is 0. The van der Waals surface area contributed by atoms with Crippen LogP contribution < -0.4 is 4.74 Å². The van der Waals surface area contributed by atoms with Crippen molar-refractivity contribution in [1.29, 1.82) is 0 Å². The van der Waals surface area contributed by atoms with Gasteiger partial charge in [0.05, 0.1) is 26.0 Å². The van der Waals surface area contributed by atoms with Crippen LogP contribution in [-0.2, 0) is 11.3 Å². The minimum absolute atomic E-state index is 0.343. The van der Waals surface area contributed by atoms with E-state index in [-0.39, 0.29) is 5.97 Å². The maximum atomic E-state index is 11.9. The summed E-state index contributed by atoms with van der Waals surface area (Å²) in [5.41, 5.74) is 4.14. The molecule has 2 heterocycles. The summed E-state index contributed by atoms with van der Waals surface area (Å²) >= 11 is 1.31. The van der Waals surface area contributed by atoms with Crippen LogP contribution in [0.1, 0.15) is 22.4 Å². The molecule has 0 saturated heterocycles. The van der Waals surface area contributed by atoms with E-state index < -0.39 is 0 Å².